The first-order valence-electron chi connectivity index (χ1n) is 10.3. The summed E-state index contributed by atoms with van der Waals surface area (Å²) in [6.07, 6.45) is 17.4. The fourth-order valence-corrected chi connectivity index (χ4v) is 4.48. The predicted molar refractivity (Wildman–Crippen MR) is 123 cm³/mol. The monoisotopic (exact) mass is 410 g/mol. The zero-order valence-electron chi connectivity index (χ0n) is 18.7. The lowest BCUT2D eigenvalue weighted by atomic mass is 10.1. The van der Waals surface area contributed by atoms with Crippen LogP contribution >= 0.6 is 0 Å². The van der Waals surface area contributed by atoms with Crippen molar-refractivity contribution in [2.75, 3.05) is 6.61 Å². The summed E-state index contributed by atoms with van der Waals surface area (Å²) >= 11 is 0. The number of carbonyl (C=O) groups is 1. The molecular weight excluding hydrogens is 368 g/mol. The van der Waals surface area contributed by atoms with Crippen LogP contribution in [-0.4, -0.2) is 35.1 Å². The molecule has 0 saturated heterocycles. The highest BCUT2D eigenvalue weighted by Gasteiger charge is 2.22. The fraction of sp³-hybridized carbons (Fsp3) is 0.682. The van der Waals surface area contributed by atoms with Crippen LogP contribution in [-0.2, 0) is 13.6 Å². The van der Waals surface area contributed by atoms with Gasteiger partial charge in [-0.3, -0.25) is 4.79 Å². The summed E-state index contributed by atoms with van der Waals surface area (Å²) in [6.45, 7) is 16.1. The quantitative estimate of drug-likeness (QED) is 0.131. The van der Waals surface area contributed by atoms with E-state index in [0.717, 1.165) is 38.7 Å². The van der Waals surface area contributed by atoms with Gasteiger partial charge in [0.25, 0.3) is 0 Å². The number of rotatable bonds is 15. The van der Waals surface area contributed by atoms with Gasteiger partial charge in [0.05, 0.1) is 0 Å². The molecule has 3 nitrogen and oxygen atoms in total. The van der Waals surface area contributed by atoms with Crippen LogP contribution in [0.5, 0.6) is 0 Å². The fourth-order valence-electron chi connectivity index (χ4n) is 2.52. The zero-order chi connectivity index (χ0) is 20.8. The molecule has 0 bridgehead atoms. The van der Waals surface area contributed by atoms with Gasteiger partial charge in [0, 0.05) is 19.1 Å². The van der Waals surface area contributed by atoms with E-state index in [1.807, 2.05) is 31.2 Å². The molecule has 0 aliphatic carbocycles. The third-order valence-electron chi connectivity index (χ3n) is 3.69. The highest BCUT2D eigenvalue weighted by Crippen LogP contribution is 2.16. The van der Waals surface area contributed by atoms with Crippen molar-refractivity contribution in [1.29, 1.82) is 0 Å². The lowest BCUT2D eigenvalue weighted by molar-refractivity contribution is -0.114. The molecule has 156 valence electrons. The Morgan fingerprint density at radius 3 is 2.22 bits per heavy atom. The first-order valence-corrected chi connectivity index (χ1v) is 17.1. The maximum absolute atomic E-state index is 11.9. The highest BCUT2D eigenvalue weighted by molar-refractivity contribution is 6.70. The van der Waals surface area contributed by atoms with Gasteiger partial charge in [-0.2, -0.15) is 0 Å². The van der Waals surface area contributed by atoms with Gasteiger partial charge >= 0.3 is 0 Å². The van der Waals surface area contributed by atoms with Gasteiger partial charge in [-0.1, -0.05) is 30.4 Å². The van der Waals surface area contributed by atoms with Crippen LogP contribution in [0.25, 0.3) is 0 Å². The number of ketones is 1. The molecule has 27 heavy (non-hydrogen) atoms. The van der Waals surface area contributed by atoms with Crippen LogP contribution in [0.2, 0.25) is 39.3 Å². The Balaban J connectivity index is 4.20. The second kappa shape index (κ2) is 14.3. The van der Waals surface area contributed by atoms with Crippen LogP contribution in [0.4, 0.5) is 0 Å². The Morgan fingerprint density at radius 2 is 1.63 bits per heavy atom. The van der Waals surface area contributed by atoms with Crippen molar-refractivity contribution in [3.05, 3.63) is 36.5 Å². The van der Waals surface area contributed by atoms with Crippen molar-refractivity contribution in [3.8, 4) is 0 Å². The van der Waals surface area contributed by atoms with Crippen LogP contribution in [0, 0.1) is 0 Å². The van der Waals surface area contributed by atoms with Gasteiger partial charge in [-0.15, -0.1) is 0 Å². The summed E-state index contributed by atoms with van der Waals surface area (Å²) in [5.41, 5.74) is 0. The number of hydrogen-bond donors (Lipinski definition) is 0. The van der Waals surface area contributed by atoms with E-state index in [1.54, 1.807) is 6.08 Å². The summed E-state index contributed by atoms with van der Waals surface area (Å²) in [7, 11) is -3.05. The van der Waals surface area contributed by atoms with Crippen LogP contribution in [0.3, 0.4) is 0 Å². The van der Waals surface area contributed by atoms with Crippen molar-refractivity contribution in [2.45, 2.75) is 90.8 Å². The molecule has 0 aliphatic rings. The topological polar surface area (TPSA) is 35.5 Å². The normalized spacial score (nSPS) is 14.6. The number of hydrogen-bond acceptors (Lipinski definition) is 3. The number of carbonyl (C=O) groups excluding carboxylic acids is 1. The second-order valence-electron chi connectivity index (χ2n) is 8.89. The van der Waals surface area contributed by atoms with E-state index in [1.165, 1.54) is 0 Å². The van der Waals surface area contributed by atoms with E-state index in [4.69, 9.17) is 8.85 Å². The number of allylic oxidation sites excluding steroid dienone is 6. The van der Waals surface area contributed by atoms with E-state index in [9.17, 15) is 4.79 Å². The average molecular weight is 411 g/mol. The third-order valence-corrected chi connectivity index (χ3v) is 5.80. The van der Waals surface area contributed by atoms with E-state index < -0.39 is 16.6 Å². The Bertz CT molecular complexity index is 483. The van der Waals surface area contributed by atoms with E-state index in [0.29, 0.717) is 6.42 Å². The van der Waals surface area contributed by atoms with Gasteiger partial charge in [0.2, 0.25) is 0 Å². The van der Waals surface area contributed by atoms with Crippen LogP contribution in [0.1, 0.15) is 45.4 Å². The average Bonchev–Trinajstić information content (AvgIpc) is 2.52. The Hall–Kier alpha value is -0.756. The summed E-state index contributed by atoms with van der Waals surface area (Å²) < 4.78 is 12.3. The minimum absolute atomic E-state index is 0.221. The lowest BCUT2D eigenvalue weighted by Gasteiger charge is -2.27. The van der Waals surface area contributed by atoms with Crippen molar-refractivity contribution in [1.82, 2.24) is 0 Å². The summed E-state index contributed by atoms with van der Waals surface area (Å²) in [5.74, 6) is 0.221. The van der Waals surface area contributed by atoms with Gasteiger partial charge in [0.15, 0.2) is 22.4 Å². The molecule has 0 rings (SSSR count). The van der Waals surface area contributed by atoms with Crippen LogP contribution in [0.15, 0.2) is 36.5 Å². The van der Waals surface area contributed by atoms with Crippen molar-refractivity contribution in [2.24, 2.45) is 0 Å². The highest BCUT2D eigenvalue weighted by atomic mass is 28.4. The van der Waals surface area contributed by atoms with Gasteiger partial charge in [0.1, 0.15) is 0 Å². The van der Waals surface area contributed by atoms with Crippen molar-refractivity contribution >= 4 is 22.4 Å². The molecule has 0 aromatic carbocycles. The lowest BCUT2D eigenvalue weighted by Crippen LogP contribution is -2.34. The third kappa shape index (κ3) is 19.8. The Morgan fingerprint density at radius 1 is 0.926 bits per heavy atom. The maximum Gasteiger partial charge on any atom is 0.184 e. The summed E-state index contributed by atoms with van der Waals surface area (Å²) in [5, 5.41) is 0. The molecule has 0 spiro atoms. The van der Waals surface area contributed by atoms with Crippen LogP contribution < -0.4 is 0 Å². The van der Waals surface area contributed by atoms with Gasteiger partial charge in [-0.25, -0.2) is 0 Å². The SMILES string of the molecule is C/C=C/C=C/CCCC(=O)/C=C\CC[C@H](CCO[Si](C)(C)C)O[Si](C)(C)C. The molecule has 0 N–H and O–H groups in total. The number of unbranched alkanes of at least 4 members (excludes halogenated alkanes) is 1. The molecule has 0 radical (unpaired) electrons. The minimum atomic E-state index is -1.58. The molecule has 1 atom stereocenters. The van der Waals surface area contributed by atoms with E-state index in [-0.39, 0.29) is 11.9 Å². The smallest absolute Gasteiger partial charge is 0.184 e. The molecule has 0 amide bonds. The zero-order valence-corrected chi connectivity index (χ0v) is 20.7. The van der Waals surface area contributed by atoms with Crippen molar-refractivity contribution in [3.63, 3.8) is 0 Å². The molecular formula is C22H42O3Si2. The Labute approximate surface area is 170 Å². The summed E-state index contributed by atoms with van der Waals surface area (Å²) in [6, 6.07) is 0. The largest absolute Gasteiger partial charge is 0.418 e. The van der Waals surface area contributed by atoms with E-state index >= 15 is 0 Å². The maximum atomic E-state index is 11.9. The first-order chi connectivity index (χ1) is 12.5. The van der Waals surface area contributed by atoms with Gasteiger partial charge in [-0.05, 0) is 84.4 Å². The van der Waals surface area contributed by atoms with E-state index in [2.05, 4.69) is 45.4 Å². The second-order valence-corrected chi connectivity index (χ2v) is 17.9. The molecule has 0 aliphatic heterocycles. The van der Waals surface area contributed by atoms with Gasteiger partial charge < -0.3 is 8.85 Å². The molecule has 0 fully saturated rings. The molecule has 0 aromatic rings. The molecule has 0 saturated carbocycles. The molecule has 0 aromatic heterocycles. The molecule has 0 unspecified atom stereocenters. The summed E-state index contributed by atoms with van der Waals surface area (Å²) in [4.78, 5) is 11.9. The Kier molecular flexibility index (Phi) is 13.9. The standard InChI is InChI=1S/C22H42O3Si2/c1-8-9-10-11-12-13-16-21(23)17-14-15-18-22(25-27(5,6)7)19-20-24-26(2,3)4/h8-11,14,17,22H,12-13,15-16,18-20H2,1-7H3/b9-8+,11-10+,17-14-/t22-/m1/s1. The molecule has 0 heterocycles. The first kappa shape index (κ1) is 26.2. The molecule has 5 heteroatoms. The predicted octanol–water partition coefficient (Wildman–Crippen LogP) is 6.66. The van der Waals surface area contributed by atoms with Crippen molar-refractivity contribution < 1.29 is 13.6 Å². The minimum Gasteiger partial charge on any atom is -0.418 e.